The van der Waals surface area contributed by atoms with Crippen LogP contribution in [0, 0.1) is 12.8 Å². The van der Waals surface area contributed by atoms with Gasteiger partial charge in [0, 0.05) is 36.8 Å². The normalized spacial score (nSPS) is 15.5. The van der Waals surface area contributed by atoms with E-state index >= 15 is 0 Å². The van der Waals surface area contributed by atoms with Crippen LogP contribution in [0.5, 0.6) is 0 Å². The molecule has 0 aliphatic carbocycles. The van der Waals surface area contributed by atoms with E-state index in [1.807, 2.05) is 13.0 Å². The largest absolute Gasteiger partial charge is 0.361 e. The van der Waals surface area contributed by atoms with E-state index in [0.717, 1.165) is 24.3 Å². The highest BCUT2D eigenvalue weighted by Crippen LogP contribution is 2.26. The summed E-state index contributed by atoms with van der Waals surface area (Å²) in [6, 6.07) is 11.5. The number of pyridine rings is 1. The summed E-state index contributed by atoms with van der Waals surface area (Å²) in [7, 11) is -3.53. The highest BCUT2D eigenvalue weighted by molar-refractivity contribution is 7.98. The summed E-state index contributed by atoms with van der Waals surface area (Å²) >= 11 is 1.39. The molecular weight excluding hydrogens is 460 g/mol. The summed E-state index contributed by atoms with van der Waals surface area (Å²) < 4.78 is 32.4. The molecule has 1 N–H and O–H groups in total. The number of aryl methyl sites for hydroxylation is 1. The van der Waals surface area contributed by atoms with Gasteiger partial charge in [-0.1, -0.05) is 23.8 Å². The first kappa shape index (κ1) is 23.5. The predicted molar refractivity (Wildman–Crippen MR) is 127 cm³/mol. The zero-order valence-corrected chi connectivity index (χ0v) is 20.2. The fourth-order valence-electron chi connectivity index (χ4n) is 3.59. The van der Waals surface area contributed by atoms with E-state index in [1.165, 1.54) is 28.2 Å². The minimum Gasteiger partial charge on any atom is -0.361 e. The van der Waals surface area contributed by atoms with Gasteiger partial charge in [-0.05, 0) is 62.1 Å². The van der Waals surface area contributed by atoms with Crippen molar-refractivity contribution in [2.75, 3.05) is 18.4 Å². The minimum atomic E-state index is -3.53. The topological polar surface area (TPSA) is 105 Å². The predicted octanol–water partition coefficient (Wildman–Crippen LogP) is 4.34. The SMILES string of the molecule is Cc1cc(CSc2ncccc2C(=O)Nc2ccc(S(=O)(=O)N3CCC(C)CC3)cc2)no1. The Morgan fingerprint density at radius 3 is 2.61 bits per heavy atom. The van der Waals surface area contributed by atoms with Gasteiger partial charge in [0.05, 0.1) is 16.2 Å². The number of hydrogen-bond acceptors (Lipinski definition) is 7. The molecule has 3 aromatic rings. The van der Waals surface area contributed by atoms with Crippen LogP contribution in [0.2, 0.25) is 0 Å². The quantitative estimate of drug-likeness (QED) is 0.495. The molecule has 1 fully saturated rings. The molecule has 1 aliphatic heterocycles. The van der Waals surface area contributed by atoms with E-state index in [0.29, 0.717) is 41.0 Å². The summed E-state index contributed by atoms with van der Waals surface area (Å²) in [5, 5.41) is 7.37. The average molecular weight is 487 g/mol. The monoisotopic (exact) mass is 486 g/mol. The van der Waals surface area contributed by atoms with Crippen LogP contribution in [0.4, 0.5) is 5.69 Å². The molecule has 4 rings (SSSR count). The first-order chi connectivity index (χ1) is 15.8. The van der Waals surface area contributed by atoms with E-state index in [2.05, 4.69) is 22.4 Å². The van der Waals surface area contributed by atoms with Gasteiger partial charge in [0.1, 0.15) is 10.8 Å². The second-order valence-electron chi connectivity index (χ2n) is 8.14. The van der Waals surface area contributed by atoms with Crippen LogP contribution in [-0.2, 0) is 15.8 Å². The lowest BCUT2D eigenvalue weighted by molar-refractivity contribution is 0.102. The Bertz CT molecular complexity index is 1220. The number of sulfonamides is 1. The number of thioether (sulfide) groups is 1. The number of anilines is 1. The molecule has 0 saturated carbocycles. The third-order valence-corrected chi connectivity index (χ3v) is 8.49. The van der Waals surface area contributed by atoms with E-state index < -0.39 is 10.0 Å². The Morgan fingerprint density at radius 1 is 1.21 bits per heavy atom. The lowest BCUT2D eigenvalue weighted by Crippen LogP contribution is -2.37. The van der Waals surface area contributed by atoms with Crippen molar-refractivity contribution in [3.05, 3.63) is 65.7 Å². The molecule has 2 aromatic heterocycles. The van der Waals surface area contributed by atoms with Crippen molar-refractivity contribution in [1.29, 1.82) is 0 Å². The van der Waals surface area contributed by atoms with Gasteiger partial charge in [0.2, 0.25) is 10.0 Å². The van der Waals surface area contributed by atoms with Gasteiger partial charge in [-0.25, -0.2) is 13.4 Å². The van der Waals surface area contributed by atoms with Crippen LogP contribution >= 0.6 is 11.8 Å². The number of hydrogen-bond donors (Lipinski definition) is 1. The summed E-state index contributed by atoms with van der Waals surface area (Å²) in [6.45, 7) is 5.04. The van der Waals surface area contributed by atoms with Gasteiger partial charge in [-0.15, -0.1) is 0 Å². The van der Waals surface area contributed by atoms with Crippen LogP contribution in [-0.4, -0.2) is 41.9 Å². The molecule has 0 spiro atoms. The van der Waals surface area contributed by atoms with Crippen molar-refractivity contribution >= 4 is 33.4 Å². The third-order valence-electron chi connectivity index (χ3n) is 5.54. The molecule has 174 valence electrons. The zero-order valence-electron chi connectivity index (χ0n) is 18.5. The average Bonchev–Trinajstić information content (AvgIpc) is 3.23. The highest BCUT2D eigenvalue weighted by Gasteiger charge is 2.28. The van der Waals surface area contributed by atoms with Crippen LogP contribution < -0.4 is 5.32 Å². The van der Waals surface area contributed by atoms with Crippen LogP contribution in [0.3, 0.4) is 0 Å². The number of piperidine rings is 1. The maximum Gasteiger partial charge on any atom is 0.258 e. The molecule has 3 heterocycles. The van der Waals surface area contributed by atoms with Crippen molar-refractivity contribution in [2.24, 2.45) is 5.92 Å². The van der Waals surface area contributed by atoms with Gasteiger partial charge in [-0.3, -0.25) is 4.79 Å². The number of nitrogens with one attached hydrogen (secondary N) is 1. The maximum absolute atomic E-state index is 12.9. The molecule has 0 atom stereocenters. The lowest BCUT2D eigenvalue weighted by atomic mass is 10.0. The Balaban J connectivity index is 1.43. The van der Waals surface area contributed by atoms with Crippen molar-refractivity contribution in [1.82, 2.24) is 14.4 Å². The smallest absolute Gasteiger partial charge is 0.258 e. The lowest BCUT2D eigenvalue weighted by Gasteiger charge is -2.29. The van der Waals surface area contributed by atoms with Gasteiger partial charge in [-0.2, -0.15) is 4.31 Å². The second kappa shape index (κ2) is 10.1. The second-order valence-corrected chi connectivity index (χ2v) is 11.0. The number of nitrogens with zero attached hydrogens (tertiary/aromatic N) is 3. The Labute approximate surface area is 197 Å². The van der Waals surface area contributed by atoms with Gasteiger partial charge in [0.25, 0.3) is 5.91 Å². The van der Waals surface area contributed by atoms with E-state index in [1.54, 1.807) is 30.5 Å². The molecule has 8 nitrogen and oxygen atoms in total. The fourth-order valence-corrected chi connectivity index (χ4v) is 5.93. The molecule has 0 radical (unpaired) electrons. The van der Waals surface area contributed by atoms with Crippen molar-refractivity contribution in [2.45, 2.75) is 42.4 Å². The zero-order chi connectivity index (χ0) is 23.4. The van der Waals surface area contributed by atoms with E-state index in [-0.39, 0.29) is 10.8 Å². The van der Waals surface area contributed by atoms with E-state index in [9.17, 15) is 13.2 Å². The molecule has 0 unspecified atom stereocenters. The highest BCUT2D eigenvalue weighted by atomic mass is 32.2. The first-order valence-corrected chi connectivity index (χ1v) is 13.2. The molecule has 10 heteroatoms. The summed E-state index contributed by atoms with van der Waals surface area (Å²) in [5.74, 6) is 1.48. The Kier molecular flexibility index (Phi) is 7.16. The number of aromatic nitrogens is 2. The number of rotatable bonds is 7. The Hall–Kier alpha value is -2.69. The van der Waals surface area contributed by atoms with Gasteiger partial charge >= 0.3 is 0 Å². The molecular formula is C23H26N4O4S2. The molecule has 0 bridgehead atoms. The van der Waals surface area contributed by atoms with Crippen molar-refractivity contribution < 1.29 is 17.7 Å². The maximum atomic E-state index is 12.9. The molecule has 1 amide bonds. The molecule has 1 aliphatic rings. The number of benzene rings is 1. The summed E-state index contributed by atoms with van der Waals surface area (Å²) in [4.78, 5) is 17.4. The summed E-state index contributed by atoms with van der Waals surface area (Å²) in [5.41, 5.74) is 1.72. The van der Waals surface area contributed by atoms with Gasteiger partial charge in [0.15, 0.2) is 0 Å². The fraction of sp³-hybridized carbons (Fsp3) is 0.348. The van der Waals surface area contributed by atoms with Crippen LogP contribution in [0.25, 0.3) is 0 Å². The number of carbonyl (C=O) groups is 1. The first-order valence-electron chi connectivity index (χ1n) is 10.7. The molecule has 1 aromatic carbocycles. The van der Waals surface area contributed by atoms with Crippen LogP contribution in [0.1, 0.15) is 41.6 Å². The summed E-state index contributed by atoms with van der Waals surface area (Å²) in [6.07, 6.45) is 3.37. The molecule has 1 saturated heterocycles. The van der Waals surface area contributed by atoms with Gasteiger partial charge < -0.3 is 9.84 Å². The third kappa shape index (κ3) is 5.63. The molecule has 33 heavy (non-hydrogen) atoms. The number of carbonyl (C=O) groups excluding carboxylic acids is 1. The number of amides is 1. The standard InChI is InChI=1S/C23H26N4O4S2/c1-16-9-12-27(13-10-16)33(29,30)20-7-5-18(6-8-20)25-22(28)21-4-3-11-24-23(21)32-15-19-14-17(2)31-26-19/h3-8,11,14,16H,9-10,12-13,15H2,1-2H3,(H,25,28). The van der Waals surface area contributed by atoms with Crippen molar-refractivity contribution in [3.63, 3.8) is 0 Å². The van der Waals surface area contributed by atoms with E-state index in [4.69, 9.17) is 4.52 Å². The minimum absolute atomic E-state index is 0.232. The van der Waals surface area contributed by atoms with Crippen molar-refractivity contribution in [3.8, 4) is 0 Å². The van der Waals surface area contributed by atoms with Crippen LogP contribution in [0.15, 0.2) is 63.1 Å². The Morgan fingerprint density at radius 2 is 1.94 bits per heavy atom.